The summed E-state index contributed by atoms with van der Waals surface area (Å²) in [5.41, 5.74) is 1.54. The summed E-state index contributed by atoms with van der Waals surface area (Å²) in [6.07, 6.45) is 8.96. The zero-order valence-electron chi connectivity index (χ0n) is 14.8. The maximum absolute atomic E-state index is 12.7. The average molecular weight is 338 g/mol. The van der Waals surface area contributed by atoms with E-state index >= 15 is 0 Å². The zero-order chi connectivity index (χ0) is 17.5. The molecule has 0 aliphatic heterocycles. The summed E-state index contributed by atoms with van der Waals surface area (Å²) in [6, 6.07) is 12.2. The van der Waals surface area contributed by atoms with E-state index in [-0.39, 0.29) is 5.91 Å². The molecule has 0 spiro atoms. The van der Waals surface area contributed by atoms with Crippen molar-refractivity contribution in [2.45, 2.75) is 51.1 Å². The molecule has 132 valence electrons. The Hall–Kier alpha value is -2.43. The van der Waals surface area contributed by atoms with Crippen LogP contribution >= 0.6 is 0 Å². The predicted octanol–water partition coefficient (Wildman–Crippen LogP) is 3.88. The molecular weight excluding hydrogens is 312 g/mol. The molecule has 1 aliphatic rings. The van der Waals surface area contributed by atoms with Crippen molar-refractivity contribution < 1.29 is 4.79 Å². The van der Waals surface area contributed by atoms with Gasteiger partial charge in [-0.15, -0.1) is 0 Å². The van der Waals surface area contributed by atoms with Gasteiger partial charge in [0.2, 0.25) is 0 Å². The molecule has 5 heteroatoms. The van der Waals surface area contributed by atoms with Gasteiger partial charge in [0.15, 0.2) is 0 Å². The Morgan fingerprint density at radius 3 is 2.56 bits per heavy atom. The minimum Gasteiger partial charge on any atom is -0.367 e. The lowest BCUT2D eigenvalue weighted by Gasteiger charge is -2.19. The van der Waals surface area contributed by atoms with E-state index in [1.54, 1.807) is 18.0 Å². The number of hydrogen-bond donors (Lipinski definition) is 1. The average Bonchev–Trinajstić information content (AvgIpc) is 2.91. The summed E-state index contributed by atoms with van der Waals surface area (Å²) in [4.78, 5) is 22.8. The Balaban J connectivity index is 1.64. The number of amides is 1. The summed E-state index contributed by atoms with van der Waals surface area (Å²) in [7, 11) is 1.80. The third-order valence-corrected chi connectivity index (χ3v) is 4.70. The molecule has 0 atom stereocenters. The molecule has 0 saturated heterocycles. The second-order valence-corrected chi connectivity index (χ2v) is 6.77. The quantitative estimate of drug-likeness (QED) is 0.841. The van der Waals surface area contributed by atoms with Gasteiger partial charge in [-0.2, -0.15) is 0 Å². The van der Waals surface area contributed by atoms with E-state index in [2.05, 4.69) is 15.3 Å². The smallest absolute Gasteiger partial charge is 0.272 e. The van der Waals surface area contributed by atoms with E-state index in [4.69, 9.17) is 0 Å². The van der Waals surface area contributed by atoms with Gasteiger partial charge in [-0.3, -0.25) is 4.79 Å². The highest BCUT2D eigenvalue weighted by molar-refractivity contribution is 5.92. The van der Waals surface area contributed by atoms with Crippen LogP contribution in [0.3, 0.4) is 0 Å². The summed E-state index contributed by atoms with van der Waals surface area (Å²) in [6.45, 7) is 0.565. The largest absolute Gasteiger partial charge is 0.367 e. The lowest BCUT2D eigenvalue weighted by Crippen LogP contribution is -2.27. The first-order chi connectivity index (χ1) is 12.2. The van der Waals surface area contributed by atoms with Crippen molar-refractivity contribution in [1.29, 1.82) is 0 Å². The summed E-state index contributed by atoms with van der Waals surface area (Å²) in [5, 5.41) is 3.48. The SMILES string of the molecule is CN(Cc1ccccc1)C(=O)c1cc(NC2CCCCCC2)ncn1. The molecule has 1 aromatic heterocycles. The van der Waals surface area contributed by atoms with E-state index in [0.717, 1.165) is 11.4 Å². The summed E-state index contributed by atoms with van der Waals surface area (Å²) in [5.74, 6) is 0.661. The van der Waals surface area contributed by atoms with E-state index < -0.39 is 0 Å². The molecule has 1 N–H and O–H groups in total. The van der Waals surface area contributed by atoms with E-state index in [1.165, 1.54) is 44.9 Å². The number of aromatic nitrogens is 2. The van der Waals surface area contributed by atoms with Crippen LogP contribution in [0.1, 0.15) is 54.6 Å². The number of rotatable bonds is 5. The minimum absolute atomic E-state index is 0.0878. The maximum Gasteiger partial charge on any atom is 0.272 e. The lowest BCUT2D eigenvalue weighted by molar-refractivity contribution is 0.0779. The molecule has 1 saturated carbocycles. The number of benzene rings is 1. The van der Waals surface area contributed by atoms with Gasteiger partial charge in [-0.05, 0) is 18.4 Å². The summed E-state index contributed by atoms with van der Waals surface area (Å²) >= 11 is 0. The lowest BCUT2D eigenvalue weighted by atomic mass is 10.1. The maximum atomic E-state index is 12.7. The predicted molar refractivity (Wildman–Crippen MR) is 99.4 cm³/mol. The molecule has 3 rings (SSSR count). The van der Waals surface area contributed by atoms with Gasteiger partial charge in [0.1, 0.15) is 17.8 Å². The van der Waals surface area contributed by atoms with Crippen LogP contribution in [0.25, 0.3) is 0 Å². The van der Waals surface area contributed by atoms with E-state index in [1.807, 2.05) is 30.3 Å². The highest BCUT2D eigenvalue weighted by Gasteiger charge is 2.16. The first-order valence-electron chi connectivity index (χ1n) is 9.10. The molecule has 1 aliphatic carbocycles. The molecule has 1 fully saturated rings. The number of nitrogens with zero attached hydrogens (tertiary/aromatic N) is 3. The van der Waals surface area contributed by atoms with E-state index in [0.29, 0.717) is 18.3 Å². The molecule has 1 amide bonds. The topological polar surface area (TPSA) is 58.1 Å². The van der Waals surface area contributed by atoms with Gasteiger partial charge < -0.3 is 10.2 Å². The fraction of sp³-hybridized carbons (Fsp3) is 0.450. The molecular formula is C20H26N4O. The Kier molecular flexibility index (Phi) is 5.99. The van der Waals surface area contributed by atoms with Crippen molar-refractivity contribution in [2.75, 3.05) is 12.4 Å². The van der Waals surface area contributed by atoms with Crippen LogP contribution in [-0.4, -0.2) is 33.9 Å². The van der Waals surface area contributed by atoms with Gasteiger partial charge >= 0.3 is 0 Å². The third kappa shape index (κ3) is 5.02. The van der Waals surface area contributed by atoms with Crippen LogP contribution in [0.2, 0.25) is 0 Å². The monoisotopic (exact) mass is 338 g/mol. The molecule has 0 unspecified atom stereocenters. The van der Waals surface area contributed by atoms with Gasteiger partial charge in [0.05, 0.1) is 0 Å². The van der Waals surface area contributed by atoms with Crippen LogP contribution in [0.5, 0.6) is 0 Å². The van der Waals surface area contributed by atoms with Crippen molar-refractivity contribution in [1.82, 2.24) is 14.9 Å². The number of carbonyl (C=O) groups is 1. The highest BCUT2D eigenvalue weighted by Crippen LogP contribution is 2.20. The molecule has 5 nitrogen and oxygen atoms in total. The Morgan fingerprint density at radius 2 is 1.84 bits per heavy atom. The van der Waals surface area contributed by atoms with Crippen molar-refractivity contribution in [3.8, 4) is 0 Å². The van der Waals surface area contributed by atoms with Gasteiger partial charge in [-0.1, -0.05) is 56.0 Å². The van der Waals surface area contributed by atoms with Gasteiger partial charge in [0.25, 0.3) is 5.91 Å². The van der Waals surface area contributed by atoms with Crippen molar-refractivity contribution in [3.63, 3.8) is 0 Å². The molecule has 1 aromatic carbocycles. The fourth-order valence-corrected chi connectivity index (χ4v) is 3.31. The molecule has 0 bridgehead atoms. The second kappa shape index (κ2) is 8.60. The van der Waals surface area contributed by atoms with Gasteiger partial charge in [0, 0.05) is 25.7 Å². The van der Waals surface area contributed by atoms with Crippen LogP contribution in [-0.2, 0) is 6.54 Å². The second-order valence-electron chi connectivity index (χ2n) is 6.77. The zero-order valence-corrected chi connectivity index (χ0v) is 14.8. The molecule has 0 radical (unpaired) electrons. The molecule has 25 heavy (non-hydrogen) atoms. The van der Waals surface area contributed by atoms with Crippen molar-refractivity contribution in [2.24, 2.45) is 0 Å². The summed E-state index contributed by atoms with van der Waals surface area (Å²) < 4.78 is 0. The Labute approximate surface area is 149 Å². The standard InChI is InChI=1S/C20H26N4O/c1-24(14-16-9-5-4-6-10-16)20(25)18-13-19(22-15-21-18)23-17-11-7-2-3-8-12-17/h4-6,9-10,13,15,17H,2-3,7-8,11-12,14H2,1H3,(H,21,22,23). The number of nitrogens with one attached hydrogen (secondary N) is 1. The van der Waals surface area contributed by atoms with Crippen LogP contribution in [0.15, 0.2) is 42.7 Å². The van der Waals surface area contributed by atoms with Gasteiger partial charge in [-0.25, -0.2) is 9.97 Å². The first kappa shape index (κ1) is 17.4. The number of anilines is 1. The number of carbonyl (C=O) groups excluding carboxylic acids is 1. The normalized spacial score (nSPS) is 15.4. The third-order valence-electron chi connectivity index (χ3n) is 4.70. The minimum atomic E-state index is -0.0878. The van der Waals surface area contributed by atoms with Crippen LogP contribution < -0.4 is 5.32 Å². The van der Waals surface area contributed by atoms with Crippen LogP contribution in [0, 0.1) is 0 Å². The Bertz CT molecular complexity index is 681. The fourth-order valence-electron chi connectivity index (χ4n) is 3.31. The molecule has 1 heterocycles. The highest BCUT2D eigenvalue weighted by atomic mass is 16.2. The van der Waals surface area contributed by atoms with E-state index in [9.17, 15) is 4.79 Å². The number of hydrogen-bond acceptors (Lipinski definition) is 4. The van der Waals surface area contributed by atoms with Crippen molar-refractivity contribution >= 4 is 11.7 Å². The van der Waals surface area contributed by atoms with Crippen molar-refractivity contribution in [3.05, 3.63) is 54.0 Å². The van der Waals surface area contributed by atoms with Crippen LogP contribution in [0.4, 0.5) is 5.82 Å². The Morgan fingerprint density at radius 1 is 1.12 bits per heavy atom. The molecule has 2 aromatic rings. The first-order valence-corrected chi connectivity index (χ1v) is 9.10.